The first-order valence-corrected chi connectivity index (χ1v) is 17.3. The second kappa shape index (κ2) is 12.0. The molecule has 7 rings (SSSR count). The van der Waals surface area contributed by atoms with Crippen LogP contribution < -0.4 is 10.2 Å². The van der Waals surface area contributed by atoms with Gasteiger partial charge in [-0.3, -0.25) is 4.68 Å². The molecule has 5 aromatic rings. The van der Waals surface area contributed by atoms with E-state index in [0.29, 0.717) is 17.4 Å². The van der Waals surface area contributed by atoms with E-state index < -0.39 is 10.0 Å². The lowest BCUT2D eigenvalue weighted by Gasteiger charge is -2.32. The number of nitrogens with one attached hydrogen (secondary N) is 1. The Morgan fingerprint density at radius 2 is 1.60 bits per heavy atom. The van der Waals surface area contributed by atoms with E-state index in [1.165, 1.54) is 20.8 Å². The van der Waals surface area contributed by atoms with Gasteiger partial charge in [-0.2, -0.15) is 5.10 Å². The molecule has 0 amide bonds. The SMILES string of the molecule is CCN1CCC(n2cc(-c3cn(S(=O)(=O)c4ccccc4)c4nnc(-c5cc(C)c(N6CCNCC6)c(C)c5)cc34)cn2)CC1. The minimum absolute atomic E-state index is 0.201. The Balaban J connectivity index is 1.32. The predicted molar refractivity (Wildman–Crippen MR) is 178 cm³/mol. The average molecular weight is 625 g/mol. The van der Waals surface area contributed by atoms with Crippen LogP contribution in [-0.2, 0) is 10.0 Å². The lowest BCUT2D eigenvalue weighted by Crippen LogP contribution is -2.44. The number of aromatic nitrogens is 5. The fourth-order valence-electron chi connectivity index (χ4n) is 6.92. The lowest BCUT2D eigenvalue weighted by atomic mass is 10.00. The summed E-state index contributed by atoms with van der Waals surface area (Å²) < 4.78 is 31.1. The van der Waals surface area contributed by atoms with E-state index in [0.717, 1.165) is 80.7 Å². The number of aryl methyl sites for hydroxylation is 2. The maximum absolute atomic E-state index is 13.9. The monoisotopic (exact) mass is 624 g/mol. The van der Waals surface area contributed by atoms with Crippen LogP contribution >= 0.6 is 0 Å². The van der Waals surface area contributed by atoms with Crippen LogP contribution in [0.5, 0.6) is 0 Å². The molecule has 234 valence electrons. The number of fused-ring (bicyclic) bond motifs is 1. The second-order valence-corrected chi connectivity index (χ2v) is 14.0. The normalized spacial score (nSPS) is 16.9. The van der Waals surface area contributed by atoms with Crippen molar-refractivity contribution in [1.82, 2.24) is 34.2 Å². The molecule has 1 N–H and O–H groups in total. The van der Waals surface area contributed by atoms with Gasteiger partial charge in [-0.05, 0) is 74.7 Å². The van der Waals surface area contributed by atoms with Gasteiger partial charge in [0.2, 0.25) is 0 Å². The van der Waals surface area contributed by atoms with Crippen molar-refractivity contribution in [3.05, 3.63) is 78.2 Å². The van der Waals surface area contributed by atoms with Gasteiger partial charge >= 0.3 is 0 Å². The largest absolute Gasteiger partial charge is 0.369 e. The van der Waals surface area contributed by atoms with E-state index in [1.54, 1.807) is 36.5 Å². The second-order valence-electron chi connectivity index (χ2n) is 12.2. The first kappa shape index (κ1) is 29.6. The minimum atomic E-state index is -3.91. The van der Waals surface area contributed by atoms with E-state index in [4.69, 9.17) is 5.10 Å². The molecule has 45 heavy (non-hydrogen) atoms. The summed E-state index contributed by atoms with van der Waals surface area (Å²) in [5.74, 6) is 0. The highest BCUT2D eigenvalue weighted by atomic mass is 32.2. The number of anilines is 1. The highest BCUT2D eigenvalue weighted by Gasteiger charge is 2.26. The number of nitrogens with zero attached hydrogens (tertiary/aromatic N) is 7. The molecule has 2 aliphatic heterocycles. The van der Waals surface area contributed by atoms with Crippen LogP contribution in [0.15, 0.2) is 72.0 Å². The first-order valence-electron chi connectivity index (χ1n) is 15.9. The molecule has 0 unspecified atom stereocenters. The van der Waals surface area contributed by atoms with Crippen LogP contribution in [0.3, 0.4) is 0 Å². The third-order valence-corrected chi connectivity index (χ3v) is 11.0. The fraction of sp³-hybridized carbons (Fsp3) is 0.382. The maximum atomic E-state index is 13.9. The number of hydrogen-bond donors (Lipinski definition) is 1. The van der Waals surface area contributed by atoms with E-state index >= 15 is 0 Å². The molecule has 3 aromatic heterocycles. The Bertz CT molecular complexity index is 1910. The number of benzene rings is 2. The van der Waals surface area contributed by atoms with Crippen LogP contribution in [0.25, 0.3) is 33.4 Å². The number of piperidine rings is 1. The summed E-state index contributed by atoms with van der Waals surface area (Å²) in [4.78, 5) is 5.10. The maximum Gasteiger partial charge on any atom is 0.269 e. The van der Waals surface area contributed by atoms with Crippen molar-refractivity contribution in [2.45, 2.75) is 44.6 Å². The molecule has 0 saturated carbocycles. The van der Waals surface area contributed by atoms with Crippen molar-refractivity contribution >= 4 is 26.7 Å². The number of hydrogen-bond acceptors (Lipinski definition) is 8. The summed E-state index contributed by atoms with van der Waals surface area (Å²) >= 11 is 0. The van der Waals surface area contributed by atoms with Gasteiger partial charge in [0, 0.05) is 79.4 Å². The summed E-state index contributed by atoms with van der Waals surface area (Å²) in [7, 11) is -3.91. The third-order valence-electron chi connectivity index (χ3n) is 9.33. The Hall–Kier alpha value is -4.06. The summed E-state index contributed by atoms with van der Waals surface area (Å²) in [6, 6.07) is 15.1. The predicted octanol–water partition coefficient (Wildman–Crippen LogP) is 4.88. The van der Waals surface area contributed by atoms with Crippen LogP contribution in [0, 0.1) is 13.8 Å². The molecule has 0 spiro atoms. The molecule has 5 heterocycles. The van der Waals surface area contributed by atoms with Gasteiger partial charge in [-0.15, -0.1) is 10.2 Å². The molecule has 0 radical (unpaired) electrons. The van der Waals surface area contributed by atoms with Crippen LogP contribution in [0.2, 0.25) is 0 Å². The van der Waals surface area contributed by atoms with Crippen molar-refractivity contribution in [2.75, 3.05) is 50.7 Å². The van der Waals surface area contributed by atoms with Gasteiger partial charge in [-0.1, -0.05) is 25.1 Å². The molecule has 10 nitrogen and oxygen atoms in total. The zero-order valence-electron chi connectivity index (χ0n) is 26.1. The van der Waals surface area contributed by atoms with Crippen molar-refractivity contribution in [3.63, 3.8) is 0 Å². The topological polar surface area (TPSA) is 101 Å². The van der Waals surface area contributed by atoms with Gasteiger partial charge < -0.3 is 15.1 Å². The Morgan fingerprint density at radius 3 is 2.29 bits per heavy atom. The number of likely N-dealkylation sites (tertiary alicyclic amines) is 1. The van der Waals surface area contributed by atoms with Crippen LogP contribution in [-0.4, -0.2) is 83.1 Å². The first-order chi connectivity index (χ1) is 21.8. The van der Waals surface area contributed by atoms with Crippen molar-refractivity contribution in [1.29, 1.82) is 0 Å². The molecule has 2 fully saturated rings. The Labute approximate surface area is 264 Å². The van der Waals surface area contributed by atoms with E-state index in [2.05, 4.69) is 64.4 Å². The quantitative estimate of drug-likeness (QED) is 0.274. The number of rotatable bonds is 7. The third kappa shape index (κ3) is 5.53. The van der Waals surface area contributed by atoms with Gasteiger partial charge in [0.15, 0.2) is 5.65 Å². The molecule has 0 atom stereocenters. The molecular weight excluding hydrogens is 584 g/mol. The van der Waals surface area contributed by atoms with E-state index in [-0.39, 0.29) is 4.90 Å². The summed E-state index contributed by atoms with van der Waals surface area (Å²) in [6.07, 6.45) is 7.65. The van der Waals surface area contributed by atoms with E-state index in [9.17, 15) is 8.42 Å². The molecule has 2 saturated heterocycles. The van der Waals surface area contributed by atoms with Gasteiger partial charge in [0.1, 0.15) is 0 Å². The molecule has 2 aromatic carbocycles. The highest BCUT2D eigenvalue weighted by Crippen LogP contribution is 2.36. The van der Waals surface area contributed by atoms with E-state index in [1.807, 2.05) is 16.9 Å². The molecule has 0 bridgehead atoms. The minimum Gasteiger partial charge on any atom is -0.369 e. The van der Waals surface area contributed by atoms with Crippen molar-refractivity contribution in [2.24, 2.45) is 0 Å². The molecule has 2 aliphatic rings. The van der Waals surface area contributed by atoms with Crippen molar-refractivity contribution < 1.29 is 8.42 Å². The smallest absolute Gasteiger partial charge is 0.269 e. The highest BCUT2D eigenvalue weighted by molar-refractivity contribution is 7.90. The Morgan fingerprint density at radius 1 is 0.889 bits per heavy atom. The summed E-state index contributed by atoms with van der Waals surface area (Å²) in [6.45, 7) is 13.6. The zero-order valence-corrected chi connectivity index (χ0v) is 27.0. The van der Waals surface area contributed by atoms with Gasteiger partial charge in [0.05, 0.1) is 22.8 Å². The zero-order chi connectivity index (χ0) is 31.1. The Kier molecular flexibility index (Phi) is 7.93. The lowest BCUT2D eigenvalue weighted by molar-refractivity contribution is 0.187. The number of piperazine rings is 1. The average Bonchev–Trinajstić information content (AvgIpc) is 3.71. The summed E-state index contributed by atoms with van der Waals surface area (Å²) in [5, 5.41) is 18.1. The molecule has 11 heteroatoms. The van der Waals surface area contributed by atoms with Gasteiger partial charge in [0.25, 0.3) is 10.0 Å². The van der Waals surface area contributed by atoms with Crippen molar-refractivity contribution in [3.8, 4) is 22.4 Å². The molecule has 0 aliphatic carbocycles. The molecular formula is C34H40N8O2S. The fourth-order valence-corrected chi connectivity index (χ4v) is 8.26. The summed E-state index contributed by atoms with van der Waals surface area (Å²) in [5.41, 5.74) is 7.24. The van der Waals surface area contributed by atoms with Crippen LogP contribution in [0.1, 0.15) is 36.9 Å². The van der Waals surface area contributed by atoms with Crippen LogP contribution in [0.4, 0.5) is 5.69 Å². The van der Waals surface area contributed by atoms with Gasteiger partial charge in [-0.25, -0.2) is 12.4 Å². The standard InChI is InChI=1S/C34H40N8O2S/c1-4-39-14-10-28(11-15-39)41-22-27(21-36-41)31-23-42(45(43,44)29-8-6-5-7-9-29)34-30(31)20-32(37-38-34)26-18-24(2)33(25(3)19-26)40-16-12-35-13-17-40/h5-9,18-23,28,35H,4,10-17H2,1-3H3.